The quantitative estimate of drug-likeness (QED) is 0.678. The molecular formula is C17H17BrN2O2S. The average Bonchev–Trinajstić information content (AvgIpc) is 3.11. The highest BCUT2D eigenvalue weighted by atomic mass is 79.9. The number of furan rings is 1. The van der Waals surface area contributed by atoms with Crippen molar-refractivity contribution in [2.24, 2.45) is 0 Å². The molecule has 2 heterocycles. The minimum absolute atomic E-state index is 0.214. The predicted octanol–water partition coefficient (Wildman–Crippen LogP) is 5.01. The molecule has 0 bridgehead atoms. The molecule has 0 aliphatic rings. The van der Waals surface area contributed by atoms with Crippen LogP contribution in [0.1, 0.15) is 46.6 Å². The van der Waals surface area contributed by atoms with Crippen molar-refractivity contribution in [3.05, 3.63) is 50.1 Å². The number of nitrogens with one attached hydrogen (secondary N) is 1. The Hall–Kier alpha value is -1.66. The Labute approximate surface area is 147 Å². The summed E-state index contributed by atoms with van der Waals surface area (Å²) in [5, 5.41) is 6.90. The lowest BCUT2D eigenvalue weighted by Crippen LogP contribution is -2.23. The molecule has 2 aromatic heterocycles. The van der Waals surface area contributed by atoms with Crippen LogP contribution < -0.4 is 5.32 Å². The van der Waals surface area contributed by atoms with Crippen LogP contribution in [-0.2, 0) is 6.54 Å². The summed E-state index contributed by atoms with van der Waals surface area (Å²) in [5.74, 6) is 0.548. The number of amides is 1. The molecular weight excluding hydrogens is 376 g/mol. The Morgan fingerprint density at radius 3 is 2.91 bits per heavy atom. The van der Waals surface area contributed by atoms with Crippen LogP contribution in [-0.4, -0.2) is 10.9 Å². The normalized spacial score (nSPS) is 11.3. The number of halogens is 1. The Balaban J connectivity index is 1.76. The molecule has 0 fully saturated rings. The van der Waals surface area contributed by atoms with Crippen molar-refractivity contribution in [3.63, 3.8) is 0 Å². The maximum absolute atomic E-state index is 12.4. The number of aryl methyl sites for hydroxylation is 1. The summed E-state index contributed by atoms with van der Waals surface area (Å²) < 4.78 is 6.66. The third-order valence-corrected chi connectivity index (χ3v) is 5.29. The number of aromatic nitrogens is 1. The summed E-state index contributed by atoms with van der Waals surface area (Å²) in [5.41, 5.74) is 2.44. The third kappa shape index (κ3) is 3.33. The largest absolute Gasteiger partial charge is 0.451 e. The molecule has 0 aliphatic carbocycles. The number of thiazole rings is 1. The first-order valence-corrected chi connectivity index (χ1v) is 9.04. The molecule has 3 aromatic rings. The summed E-state index contributed by atoms with van der Waals surface area (Å²) in [4.78, 5) is 16.9. The van der Waals surface area contributed by atoms with Gasteiger partial charge in [0.25, 0.3) is 5.91 Å². The zero-order chi connectivity index (χ0) is 16.6. The first kappa shape index (κ1) is 16.2. The summed E-state index contributed by atoms with van der Waals surface area (Å²) >= 11 is 5.06. The zero-order valence-electron chi connectivity index (χ0n) is 13.1. The van der Waals surface area contributed by atoms with E-state index in [1.54, 1.807) is 11.3 Å². The first-order valence-electron chi connectivity index (χ1n) is 7.37. The lowest BCUT2D eigenvalue weighted by atomic mass is 10.1. The number of carbonyl (C=O) groups is 1. The van der Waals surface area contributed by atoms with Crippen molar-refractivity contribution in [2.45, 2.75) is 33.2 Å². The average molecular weight is 393 g/mol. The molecule has 3 rings (SSSR count). The lowest BCUT2D eigenvalue weighted by Gasteiger charge is -2.02. The van der Waals surface area contributed by atoms with Crippen LogP contribution in [0.5, 0.6) is 0 Å². The maximum Gasteiger partial charge on any atom is 0.287 e. The van der Waals surface area contributed by atoms with Crippen molar-refractivity contribution >= 4 is 44.1 Å². The fraction of sp³-hybridized carbons (Fsp3) is 0.294. The zero-order valence-corrected chi connectivity index (χ0v) is 15.5. The molecule has 6 heteroatoms. The standard InChI is InChI=1S/C17H17BrN2O2S/c1-9(2)17-20-12(8-23-17)7-19-16(21)15-10(3)13-6-11(18)4-5-14(13)22-15/h4-6,8-9H,7H2,1-3H3,(H,19,21). The Morgan fingerprint density at radius 2 is 2.22 bits per heavy atom. The van der Waals surface area contributed by atoms with Crippen molar-refractivity contribution in [3.8, 4) is 0 Å². The van der Waals surface area contributed by atoms with Gasteiger partial charge in [-0.25, -0.2) is 4.98 Å². The van der Waals surface area contributed by atoms with Gasteiger partial charge >= 0.3 is 0 Å². The molecule has 1 amide bonds. The SMILES string of the molecule is Cc1c(C(=O)NCc2csc(C(C)C)n2)oc2ccc(Br)cc12. The molecule has 120 valence electrons. The third-order valence-electron chi connectivity index (χ3n) is 3.60. The van der Waals surface area contributed by atoms with Gasteiger partial charge in [0.2, 0.25) is 0 Å². The van der Waals surface area contributed by atoms with Crippen molar-refractivity contribution in [2.75, 3.05) is 0 Å². The lowest BCUT2D eigenvalue weighted by molar-refractivity contribution is 0.0924. The van der Waals surface area contributed by atoms with Gasteiger partial charge in [0.05, 0.1) is 17.2 Å². The van der Waals surface area contributed by atoms with Gasteiger partial charge in [0.15, 0.2) is 5.76 Å². The van der Waals surface area contributed by atoms with E-state index in [-0.39, 0.29) is 5.91 Å². The van der Waals surface area contributed by atoms with Crippen molar-refractivity contribution in [1.82, 2.24) is 10.3 Å². The van der Waals surface area contributed by atoms with Crippen LogP contribution in [0.3, 0.4) is 0 Å². The number of carbonyl (C=O) groups excluding carboxylic acids is 1. The van der Waals surface area contributed by atoms with Gasteiger partial charge in [0.1, 0.15) is 5.58 Å². The minimum atomic E-state index is -0.214. The van der Waals surface area contributed by atoms with Gasteiger partial charge in [-0.1, -0.05) is 29.8 Å². The van der Waals surface area contributed by atoms with Gasteiger partial charge in [-0.2, -0.15) is 0 Å². The topological polar surface area (TPSA) is 55.1 Å². The van der Waals surface area contributed by atoms with Crippen LogP contribution in [0.25, 0.3) is 11.0 Å². The van der Waals surface area contributed by atoms with Crippen molar-refractivity contribution in [1.29, 1.82) is 0 Å². The van der Waals surface area contributed by atoms with Crippen LogP contribution >= 0.6 is 27.3 Å². The number of rotatable bonds is 4. The monoisotopic (exact) mass is 392 g/mol. The molecule has 0 atom stereocenters. The summed E-state index contributed by atoms with van der Waals surface area (Å²) in [7, 11) is 0. The van der Waals surface area contributed by atoms with E-state index in [0.717, 1.165) is 26.1 Å². The molecule has 0 spiro atoms. The number of hydrogen-bond donors (Lipinski definition) is 1. The van der Waals surface area contributed by atoms with E-state index in [9.17, 15) is 4.79 Å². The highest BCUT2D eigenvalue weighted by molar-refractivity contribution is 9.10. The maximum atomic E-state index is 12.4. The molecule has 0 saturated carbocycles. The second kappa shape index (κ2) is 6.45. The predicted molar refractivity (Wildman–Crippen MR) is 96.0 cm³/mol. The molecule has 1 N–H and O–H groups in total. The first-order chi connectivity index (χ1) is 11.0. The van der Waals surface area contributed by atoms with Gasteiger partial charge < -0.3 is 9.73 Å². The number of fused-ring (bicyclic) bond motifs is 1. The van der Waals surface area contributed by atoms with E-state index in [4.69, 9.17) is 4.42 Å². The van der Waals surface area contributed by atoms with E-state index < -0.39 is 0 Å². The molecule has 0 radical (unpaired) electrons. The van der Waals surface area contributed by atoms with Gasteiger partial charge in [-0.15, -0.1) is 11.3 Å². The summed E-state index contributed by atoms with van der Waals surface area (Å²) in [6.45, 7) is 6.52. The minimum Gasteiger partial charge on any atom is -0.451 e. The smallest absolute Gasteiger partial charge is 0.287 e. The number of benzene rings is 1. The van der Waals surface area contributed by atoms with Gasteiger partial charge in [0, 0.05) is 26.7 Å². The van der Waals surface area contributed by atoms with Crippen LogP contribution in [0.15, 0.2) is 32.5 Å². The summed E-state index contributed by atoms with van der Waals surface area (Å²) in [6.07, 6.45) is 0. The van der Waals surface area contributed by atoms with E-state index in [1.165, 1.54) is 0 Å². The van der Waals surface area contributed by atoms with Gasteiger partial charge in [-0.3, -0.25) is 4.79 Å². The van der Waals surface area contributed by atoms with Crippen LogP contribution in [0.4, 0.5) is 0 Å². The molecule has 0 aliphatic heterocycles. The second-order valence-electron chi connectivity index (χ2n) is 5.71. The molecule has 1 aromatic carbocycles. The Kier molecular flexibility index (Phi) is 4.55. The fourth-order valence-electron chi connectivity index (χ4n) is 2.33. The Bertz CT molecular complexity index is 867. The van der Waals surface area contributed by atoms with E-state index >= 15 is 0 Å². The van der Waals surface area contributed by atoms with E-state index in [1.807, 2.05) is 30.5 Å². The number of nitrogens with zero attached hydrogens (tertiary/aromatic N) is 1. The van der Waals surface area contributed by atoms with Crippen LogP contribution in [0.2, 0.25) is 0 Å². The molecule has 23 heavy (non-hydrogen) atoms. The molecule has 0 saturated heterocycles. The van der Waals surface area contributed by atoms with E-state index in [2.05, 4.69) is 40.1 Å². The van der Waals surface area contributed by atoms with Gasteiger partial charge in [-0.05, 0) is 25.1 Å². The number of hydrogen-bond acceptors (Lipinski definition) is 4. The molecule has 4 nitrogen and oxygen atoms in total. The van der Waals surface area contributed by atoms with Crippen molar-refractivity contribution < 1.29 is 9.21 Å². The fourth-order valence-corrected chi connectivity index (χ4v) is 3.53. The molecule has 0 unspecified atom stereocenters. The highest BCUT2D eigenvalue weighted by Crippen LogP contribution is 2.28. The highest BCUT2D eigenvalue weighted by Gasteiger charge is 2.18. The van der Waals surface area contributed by atoms with E-state index in [0.29, 0.717) is 23.8 Å². The summed E-state index contributed by atoms with van der Waals surface area (Å²) in [6, 6.07) is 5.72. The Morgan fingerprint density at radius 1 is 1.43 bits per heavy atom. The second-order valence-corrected chi connectivity index (χ2v) is 7.52. The van der Waals surface area contributed by atoms with Crippen LogP contribution in [0, 0.1) is 6.92 Å².